The molecule has 4 aromatic rings. The zero-order chi connectivity index (χ0) is 17.7. The lowest BCUT2D eigenvalue weighted by Gasteiger charge is -2.06. The Balaban J connectivity index is 1.77. The van der Waals surface area contributed by atoms with Crippen LogP contribution >= 0.6 is 0 Å². The Morgan fingerprint density at radius 3 is 2.62 bits per heavy atom. The molecular formula is C21H13N3O2. The number of pyridine rings is 1. The average Bonchev–Trinajstić information content (AvgIpc) is 3.21. The average molecular weight is 339 g/mol. The van der Waals surface area contributed by atoms with E-state index in [0.29, 0.717) is 5.57 Å². The Hall–Kier alpha value is -3.73. The van der Waals surface area contributed by atoms with Crippen LogP contribution in [0.2, 0.25) is 0 Å². The molecule has 1 aliphatic heterocycles. The molecule has 2 aromatic carbocycles. The predicted molar refractivity (Wildman–Crippen MR) is 99.7 cm³/mol. The van der Waals surface area contributed by atoms with Gasteiger partial charge >= 0.3 is 0 Å². The third-order valence-electron chi connectivity index (χ3n) is 4.61. The van der Waals surface area contributed by atoms with E-state index in [9.17, 15) is 9.59 Å². The van der Waals surface area contributed by atoms with Crippen LogP contribution in [-0.4, -0.2) is 21.4 Å². The van der Waals surface area contributed by atoms with E-state index in [2.05, 4.69) is 16.4 Å². The Kier molecular flexibility index (Phi) is 3.03. The van der Waals surface area contributed by atoms with Crippen molar-refractivity contribution >= 4 is 39.2 Å². The molecule has 5 rings (SSSR count). The summed E-state index contributed by atoms with van der Waals surface area (Å²) < 4.78 is 2.00. The minimum Gasteiger partial charge on any atom is -0.314 e. The molecule has 0 aliphatic carbocycles. The summed E-state index contributed by atoms with van der Waals surface area (Å²) in [5, 5.41) is 4.26. The van der Waals surface area contributed by atoms with E-state index in [1.54, 1.807) is 0 Å². The molecule has 5 nitrogen and oxygen atoms in total. The number of carbonyl (C=O) groups excluding carboxylic acids is 2. The zero-order valence-electron chi connectivity index (χ0n) is 13.6. The fourth-order valence-corrected chi connectivity index (χ4v) is 3.41. The number of rotatable bonds is 2. The smallest absolute Gasteiger partial charge is 0.258 e. The zero-order valence-corrected chi connectivity index (χ0v) is 13.6. The molecule has 2 aromatic heterocycles. The van der Waals surface area contributed by atoms with Crippen LogP contribution in [-0.2, 0) is 9.59 Å². The van der Waals surface area contributed by atoms with E-state index in [4.69, 9.17) is 0 Å². The number of para-hydroxylation sites is 2. The van der Waals surface area contributed by atoms with Crippen molar-refractivity contribution in [3.05, 3.63) is 78.6 Å². The van der Waals surface area contributed by atoms with Crippen LogP contribution in [0.25, 0.3) is 33.1 Å². The van der Waals surface area contributed by atoms with Gasteiger partial charge in [0.05, 0.1) is 28.5 Å². The normalized spacial score (nSPS) is 14.1. The number of hydrogen-bond acceptors (Lipinski definition) is 3. The largest absolute Gasteiger partial charge is 0.314 e. The van der Waals surface area contributed by atoms with Gasteiger partial charge in [-0.05, 0) is 18.2 Å². The molecule has 0 spiro atoms. The quantitative estimate of drug-likeness (QED) is 0.570. The van der Waals surface area contributed by atoms with Gasteiger partial charge in [0.15, 0.2) is 0 Å². The van der Waals surface area contributed by atoms with Crippen molar-refractivity contribution in [3.63, 3.8) is 0 Å². The first-order chi connectivity index (χ1) is 12.7. The topological polar surface area (TPSA) is 64.0 Å². The molecule has 0 radical (unpaired) electrons. The molecular weight excluding hydrogens is 326 g/mol. The van der Waals surface area contributed by atoms with Gasteiger partial charge in [-0.15, -0.1) is 0 Å². The number of hydrogen-bond donors (Lipinski definition) is 1. The summed E-state index contributed by atoms with van der Waals surface area (Å²) in [6.45, 7) is 0. The van der Waals surface area contributed by atoms with Gasteiger partial charge < -0.3 is 4.57 Å². The minimum atomic E-state index is -0.380. The SMILES string of the molecule is O=C1C=C(c2cn(-c3cnc4ccccc4c3)c3ccccc23)C(=O)N1. The van der Waals surface area contributed by atoms with Gasteiger partial charge in [-0.2, -0.15) is 0 Å². The number of imide groups is 1. The van der Waals surface area contributed by atoms with E-state index < -0.39 is 0 Å². The van der Waals surface area contributed by atoms with Crippen LogP contribution in [0.5, 0.6) is 0 Å². The molecule has 3 heterocycles. The van der Waals surface area contributed by atoms with Gasteiger partial charge in [0.1, 0.15) is 0 Å². The van der Waals surface area contributed by atoms with Crippen molar-refractivity contribution in [2.75, 3.05) is 0 Å². The van der Waals surface area contributed by atoms with Crippen LogP contribution in [0.4, 0.5) is 0 Å². The van der Waals surface area contributed by atoms with Crippen LogP contribution in [0.3, 0.4) is 0 Å². The maximum atomic E-state index is 12.1. The number of benzene rings is 2. The maximum Gasteiger partial charge on any atom is 0.258 e. The third kappa shape index (κ3) is 2.14. The van der Waals surface area contributed by atoms with E-state index in [-0.39, 0.29) is 11.8 Å². The summed E-state index contributed by atoms with van der Waals surface area (Å²) in [5.41, 5.74) is 3.90. The lowest BCUT2D eigenvalue weighted by Crippen LogP contribution is -2.21. The number of fused-ring (bicyclic) bond motifs is 2. The van der Waals surface area contributed by atoms with Gasteiger partial charge in [0.25, 0.3) is 11.8 Å². The molecule has 2 amide bonds. The standard InChI is InChI=1S/C21H13N3O2/c25-20-10-16(21(26)23-20)17-12-24(19-8-4-2-6-15(17)19)14-9-13-5-1-3-7-18(13)22-11-14/h1-12H,(H,23,25,26). The summed E-state index contributed by atoms with van der Waals surface area (Å²) in [7, 11) is 0. The van der Waals surface area contributed by atoms with Gasteiger partial charge in [-0.1, -0.05) is 36.4 Å². The highest BCUT2D eigenvalue weighted by atomic mass is 16.2. The van der Waals surface area contributed by atoms with Gasteiger partial charge in [0.2, 0.25) is 0 Å². The third-order valence-corrected chi connectivity index (χ3v) is 4.61. The summed E-state index contributed by atoms with van der Waals surface area (Å²) in [4.78, 5) is 28.2. The van der Waals surface area contributed by atoms with Gasteiger partial charge in [-0.25, -0.2) is 0 Å². The Morgan fingerprint density at radius 1 is 0.962 bits per heavy atom. The molecule has 0 unspecified atom stereocenters. The highest BCUT2D eigenvalue weighted by Gasteiger charge is 2.25. The van der Waals surface area contributed by atoms with Crippen molar-refractivity contribution in [1.29, 1.82) is 0 Å². The lowest BCUT2D eigenvalue weighted by molar-refractivity contribution is -0.123. The fraction of sp³-hybridized carbons (Fsp3) is 0. The molecule has 0 saturated heterocycles. The highest BCUT2D eigenvalue weighted by Crippen LogP contribution is 2.31. The van der Waals surface area contributed by atoms with Crippen molar-refractivity contribution in [2.24, 2.45) is 0 Å². The van der Waals surface area contributed by atoms with E-state index in [1.807, 2.05) is 65.5 Å². The summed E-state index contributed by atoms with van der Waals surface area (Å²) in [5.74, 6) is -0.747. The maximum absolute atomic E-state index is 12.1. The number of nitrogens with one attached hydrogen (secondary N) is 1. The fourth-order valence-electron chi connectivity index (χ4n) is 3.41. The second-order valence-electron chi connectivity index (χ2n) is 6.19. The number of aromatic nitrogens is 2. The molecule has 124 valence electrons. The second kappa shape index (κ2) is 5.39. The number of nitrogens with zero attached hydrogens (tertiary/aromatic N) is 2. The summed E-state index contributed by atoms with van der Waals surface area (Å²) in [6, 6.07) is 17.8. The Bertz CT molecular complexity index is 1250. The second-order valence-corrected chi connectivity index (χ2v) is 6.19. The first-order valence-corrected chi connectivity index (χ1v) is 8.23. The predicted octanol–water partition coefficient (Wildman–Crippen LogP) is 3.22. The molecule has 0 fully saturated rings. The first-order valence-electron chi connectivity index (χ1n) is 8.23. The summed E-state index contributed by atoms with van der Waals surface area (Å²) >= 11 is 0. The van der Waals surface area contributed by atoms with Crippen LogP contribution in [0.1, 0.15) is 5.56 Å². The van der Waals surface area contributed by atoms with Crippen LogP contribution in [0.15, 0.2) is 73.1 Å². The molecule has 1 N–H and O–H groups in total. The lowest BCUT2D eigenvalue weighted by atomic mass is 10.1. The number of amides is 2. The van der Waals surface area contributed by atoms with E-state index in [1.165, 1.54) is 6.08 Å². The molecule has 0 saturated carbocycles. The molecule has 26 heavy (non-hydrogen) atoms. The van der Waals surface area contributed by atoms with Crippen LogP contribution < -0.4 is 5.32 Å². The highest BCUT2D eigenvalue weighted by molar-refractivity contribution is 6.35. The van der Waals surface area contributed by atoms with Gasteiger partial charge in [-0.3, -0.25) is 19.9 Å². The van der Waals surface area contributed by atoms with Crippen LogP contribution in [0, 0.1) is 0 Å². The van der Waals surface area contributed by atoms with Crippen molar-refractivity contribution in [3.8, 4) is 5.69 Å². The van der Waals surface area contributed by atoms with E-state index in [0.717, 1.165) is 33.1 Å². The Morgan fingerprint density at radius 2 is 1.77 bits per heavy atom. The minimum absolute atomic E-state index is 0.366. The Labute approximate surface area is 148 Å². The number of carbonyl (C=O) groups is 2. The van der Waals surface area contributed by atoms with Crippen molar-refractivity contribution in [1.82, 2.24) is 14.9 Å². The van der Waals surface area contributed by atoms with Gasteiger partial charge in [0, 0.05) is 28.6 Å². The molecule has 1 aliphatic rings. The first kappa shape index (κ1) is 14.6. The summed E-state index contributed by atoms with van der Waals surface area (Å²) in [6.07, 6.45) is 5.06. The van der Waals surface area contributed by atoms with E-state index >= 15 is 0 Å². The molecule has 5 heteroatoms. The monoisotopic (exact) mass is 339 g/mol. The molecule has 0 bridgehead atoms. The molecule has 0 atom stereocenters. The van der Waals surface area contributed by atoms with Crippen molar-refractivity contribution in [2.45, 2.75) is 0 Å². The van der Waals surface area contributed by atoms with Crippen molar-refractivity contribution < 1.29 is 9.59 Å².